The second-order valence-corrected chi connectivity index (χ2v) is 30.9. The Labute approximate surface area is 450 Å². The van der Waals surface area contributed by atoms with Gasteiger partial charge in [0.25, 0.3) is 0 Å². The van der Waals surface area contributed by atoms with Crippen LogP contribution in [0.3, 0.4) is 0 Å². The Bertz CT molecular complexity index is 5060. The van der Waals surface area contributed by atoms with Gasteiger partial charge in [0.05, 0.1) is 28.1 Å². The molecule has 11 aromatic carbocycles. The van der Waals surface area contributed by atoms with Gasteiger partial charge in [0.1, 0.15) is 44.1 Å². The molecular formula is C70H48N2O4Si2. The molecule has 6 heterocycles. The average Bonchev–Trinajstić information content (AvgIpc) is 4.19. The van der Waals surface area contributed by atoms with Crippen molar-refractivity contribution in [3.8, 4) is 22.3 Å². The van der Waals surface area contributed by atoms with E-state index in [-0.39, 0.29) is 0 Å². The fraction of sp³-hybridized carbons (Fsp3) is 0.0571. The van der Waals surface area contributed by atoms with E-state index >= 15 is 0 Å². The number of rotatable bonds is 6. The predicted octanol–water partition coefficient (Wildman–Crippen LogP) is 17.8. The molecule has 2 aliphatic heterocycles. The van der Waals surface area contributed by atoms with Crippen LogP contribution in [0.25, 0.3) is 110 Å². The van der Waals surface area contributed by atoms with E-state index < -0.39 is 16.1 Å². The first-order chi connectivity index (χ1) is 38.2. The number of furan rings is 4. The molecule has 0 aliphatic carbocycles. The maximum atomic E-state index is 7.31. The molecule has 15 aromatic rings. The molecule has 17 rings (SSSR count). The highest BCUT2D eigenvalue weighted by Gasteiger charge is 2.47. The summed E-state index contributed by atoms with van der Waals surface area (Å²) in [5, 5.41) is 14.4. The second kappa shape index (κ2) is 15.6. The van der Waals surface area contributed by atoms with Crippen molar-refractivity contribution in [1.82, 2.24) is 0 Å². The van der Waals surface area contributed by atoms with Crippen molar-refractivity contribution >= 4 is 159 Å². The molecule has 0 saturated carbocycles. The molecule has 8 heteroatoms. The average molecular weight is 1040 g/mol. The number of benzene rings is 11. The Kier molecular flexibility index (Phi) is 8.79. The first kappa shape index (κ1) is 43.8. The quantitative estimate of drug-likeness (QED) is 0.155. The van der Waals surface area contributed by atoms with E-state index in [1.165, 1.54) is 43.0 Å². The van der Waals surface area contributed by atoms with Gasteiger partial charge in [-0.1, -0.05) is 172 Å². The fourth-order valence-electron chi connectivity index (χ4n) is 13.8. The van der Waals surface area contributed by atoms with E-state index in [1.54, 1.807) is 0 Å². The second-order valence-electron chi connectivity index (χ2n) is 22.3. The molecule has 2 aliphatic rings. The number of hydrogen-bond donors (Lipinski definition) is 0. The Hall–Kier alpha value is -9.35. The van der Waals surface area contributed by atoms with Gasteiger partial charge >= 0.3 is 0 Å². The molecule has 370 valence electrons. The molecule has 0 amide bonds. The van der Waals surface area contributed by atoms with Crippen molar-refractivity contribution in [3.63, 3.8) is 0 Å². The predicted molar refractivity (Wildman–Crippen MR) is 329 cm³/mol. The van der Waals surface area contributed by atoms with Crippen LogP contribution in [0.4, 0.5) is 34.1 Å². The Morgan fingerprint density at radius 1 is 0.282 bits per heavy atom. The number of nitrogens with zero attached hydrogens (tertiary/aromatic N) is 2. The highest BCUT2D eigenvalue weighted by atomic mass is 28.3. The van der Waals surface area contributed by atoms with E-state index in [1.807, 2.05) is 12.1 Å². The van der Waals surface area contributed by atoms with Gasteiger partial charge in [-0.2, -0.15) is 0 Å². The van der Waals surface area contributed by atoms with Crippen LogP contribution < -0.4 is 30.5 Å². The largest absolute Gasteiger partial charge is 0.455 e. The van der Waals surface area contributed by atoms with Gasteiger partial charge in [-0.15, -0.1) is 0 Å². The van der Waals surface area contributed by atoms with Gasteiger partial charge in [0.2, 0.25) is 0 Å². The lowest BCUT2D eigenvalue weighted by Gasteiger charge is -2.28. The molecule has 0 saturated heterocycles. The normalized spacial score (nSPS) is 14.1. The van der Waals surface area contributed by atoms with Gasteiger partial charge in [-0.25, -0.2) is 0 Å². The first-order valence-electron chi connectivity index (χ1n) is 26.9. The lowest BCUT2D eigenvalue weighted by molar-refractivity contribution is 0.666. The summed E-state index contributed by atoms with van der Waals surface area (Å²) in [6, 6.07) is 78.6. The highest BCUT2D eigenvalue weighted by Crippen LogP contribution is 2.53. The molecule has 0 bridgehead atoms. The minimum atomic E-state index is -2.52. The Morgan fingerprint density at radius 2 is 0.667 bits per heavy atom. The summed E-state index contributed by atoms with van der Waals surface area (Å²) in [5.41, 5.74) is 18.2. The van der Waals surface area contributed by atoms with Crippen molar-refractivity contribution < 1.29 is 17.7 Å². The third-order valence-corrected chi connectivity index (χ3v) is 24.4. The van der Waals surface area contributed by atoms with Crippen LogP contribution in [0.1, 0.15) is 0 Å². The van der Waals surface area contributed by atoms with Gasteiger partial charge in [0.15, 0.2) is 16.7 Å². The lowest BCUT2D eigenvalue weighted by atomic mass is 9.95. The monoisotopic (exact) mass is 1040 g/mol. The molecule has 0 unspecified atom stereocenters. The number of para-hydroxylation sites is 8. The van der Waals surface area contributed by atoms with E-state index in [4.69, 9.17) is 17.7 Å². The molecule has 0 N–H and O–H groups in total. The van der Waals surface area contributed by atoms with Gasteiger partial charge in [0, 0.05) is 54.6 Å². The van der Waals surface area contributed by atoms with Crippen molar-refractivity contribution in [3.05, 3.63) is 218 Å². The summed E-state index contributed by atoms with van der Waals surface area (Å²) < 4.78 is 28.2. The number of anilines is 6. The van der Waals surface area contributed by atoms with E-state index in [2.05, 4.69) is 242 Å². The zero-order chi connectivity index (χ0) is 51.8. The summed E-state index contributed by atoms with van der Waals surface area (Å²) in [5.74, 6) is 0. The third kappa shape index (κ3) is 5.80. The minimum Gasteiger partial charge on any atom is -0.455 e. The molecule has 4 aromatic heterocycles. The number of hydrogen-bond acceptors (Lipinski definition) is 6. The lowest BCUT2D eigenvalue weighted by Crippen LogP contribution is -2.51. The van der Waals surface area contributed by atoms with Crippen molar-refractivity contribution in [2.45, 2.75) is 26.2 Å². The summed E-state index contributed by atoms with van der Waals surface area (Å²) >= 11 is 0. The molecular weight excluding hydrogens is 989 g/mol. The van der Waals surface area contributed by atoms with Crippen LogP contribution in [0.5, 0.6) is 0 Å². The summed E-state index contributed by atoms with van der Waals surface area (Å²) in [6.45, 7) is 10.2. The van der Waals surface area contributed by atoms with Gasteiger partial charge < -0.3 is 27.5 Å². The molecule has 0 spiro atoms. The number of fused-ring (bicyclic) bond motifs is 20. The molecule has 0 fully saturated rings. The van der Waals surface area contributed by atoms with Crippen molar-refractivity contribution in [2.24, 2.45) is 0 Å². The van der Waals surface area contributed by atoms with E-state index in [0.717, 1.165) is 122 Å². The maximum absolute atomic E-state index is 7.31. The van der Waals surface area contributed by atoms with Crippen LogP contribution in [0, 0.1) is 0 Å². The SMILES string of the molecule is C[Si]1(C)c2cc3c(cc2-c2c1cc(N(c1ccccc1)c1cccc4c1oc1ccccc14)c1c2oc2ccccc21)[Si](C)(C)c1cc(N(c2ccccc2)c2cccc4c2oc2ccccc24)c2oc4ccccc4c2c1-3. The van der Waals surface area contributed by atoms with Crippen LogP contribution >= 0.6 is 0 Å². The Balaban J connectivity index is 0.923. The van der Waals surface area contributed by atoms with Crippen LogP contribution in [-0.4, -0.2) is 16.1 Å². The zero-order valence-corrected chi connectivity index (χ0v) is 45.3. The fourth-order valence-corrected chi connectivity index (χ4v) is 19.8. The standard InChI is InChI=1S/C70H48N2O4Si2/c1-77(2)59-38-50-60(37-49(59)64-61(77)40-54(69-66(64)48-28-14-18-36-58(48)75-69)72(42-23-9-6-10-24-42)52-32-20-30-46-44-26-12-16-34-56(44)74-68(46)52)78(3,4)62-39-53(63-47-27-13-17-35-57(47)76-70(63)65(50)62)71(41-21-7-5-8-22-41)51-31-19-29-45-43-25-11-15-33-55(43)73-67(45)51/h5-40H,1-4H3. The molecule has 0 atom stereocenters. The topological polar surface area (TPSA) is 59.0 Å². The maximum Gasteiger partial charge on any atom is 0.160 e. The first-order valence-corrected chi connectivity index (χ1v) is 32.9. The van der Waals surface area contributed by atoms with Crippen molar-refractivity contribution in [2.75, 3.05) is 9.80 Å². The van der Waals surface area contributed by atoms with Crippen LogP contribution in [0.2, 0.25) is 26.2 Å². The van der Waals surface area contributed by atoms with E-state index in [0.29, 0.717) is 0 Å². The smallest absolute Gasteiger partial charge is 0.160 e. The third-order valence-electron chi connectivity index (χ3n) is 17.4. The van der Waals surface area contributed by atoms with Crippen LogP contribution in [0.15, 0.2) is 236 Å². The minimum absolute atomic E-state index is 0.841. The molecule has 6 nitrogen and oxygen atoms in total. The zero-order valence-electron chi connectivity index (χ0n) is 43.3. The summed E-state index contributed by atoms with van der Waals surface area (Å²) in [6.07, 6.45) is 0. The van der Waals surface area contributed by atoms with E-state index in [9.17, 15) is 0 Å². The van der Waals surface area contributed by atoms with Gasteiger partial charge in [-0.3, -0.25) is 0 Å². The highest BCUT2D eigenvalue weighted by molar-refractivity contribution is 7.06. The summed E-state index contributed by atoms with van der Waals surface area (Å²) in [7, 11) is -5.03. The van der Waals surface area contributed by atoms with Gasteiger partial charge in [-0.05, 0) is 110 Å². The Morgan fingerprint density at radius 3 is 1.21 bits per heavy atom. The van der Waals surface area contributed by atoms with Crippen LogP contribution in [-0.2, 0) is 0 Å². The summed E-state index contributed by atoms with van der Waals surface area (Å²) in [4.78, 5) is 4.79. The molecule has 0 radical (unpaired) electrons. The van der Waals surface area contributed by atoms with Crippen molar-refractivity contribution in [1.29, 1.82) is 0 Å². The molecule has 78 heavy (non-hydrogen) atoms.